The second-order valence-corrected chi connectivity index (χ2v) is 5.44. The van der Waals surface area contributed by atoms with Crippen molar-refractivity contribution in [1.82, 2.24) is 15.2 Å². The molecule has 1 aromatic carbocycles. The van der Waals surface area contributed by atoms with Gasteiger partial charge in [0.15, 0.2) is 0 Å². The van der Waals surface area contributed by atoms with E-state index in [0.717, 1.165) is 12.1 Å². The van der Waals surface area contributed by atoms with Crippen molar-refractivity contribution in [2.24, 2.45) is 5.41 Å². The predicted molar refractivity (Wildman–Crippen MR) is 71.8 cm³/mol. The number of benzene rings is 1. The Bertz CT molecular complexity index is 660. The summed E-state index contributed by atoms with van der Waals surface area (Å²) in [5.74, 6) is 0.0767. The first-order chi connectivity index (χ1) is 10.4. The number of carbonyl (C=O) groups is 1. The largest absolute Gasteiger partial charge is 0.416 e. The van der Waals surface area contributed by atoms with Crippen LogP contribution in [0.1, 0.15) is 24.0 Å². The summed E-state index contributed by atoms with van der Waals surface area (Å²) >= 11 is 0. The second kappa shape index (κ2) is 5.11. The van der Waals surface area contributed by atoms with Gasteiger partial charge in [-0.2, -0.15) is 23.3 Å². The Balaban J connectivity index is 1.68. The van der Waals surface area contributed by atoms with Crippen molar-refractivity contribution in [3.63, 3.8) is 0 Å². The smallest absolute Gasteiger partial charge is 0.294 e. The minimum Gasteiger partial charge on any atom is -0.294 e. The molecule has 1 aliphatic rings. The monoisotopic (exact) mass is 310 g/mol. The average molecular weight is 310 g/mol. The summed E-state index contributed by atoms with van der Waals surface area (Å²) in [6, 6.07) is 4.93. The van der Waals surface area contributed by atoms with Gasteiger partial charge in [0, 0.05) is 0 Å². The molecule has 5 nitrogen and oxygen atoms in total. The van der Waals surface area contributed by atoms with E-state index in [1.165, 1.54) is 18.5 Å². The molecule has 1 saturated carbocycles. The maximum Gasteiger partial charge on any atom is 0.416 e. The zero-order valence-electron chi connectivity index (χ0n) is 11.4. The maximum absolute atomic E-state index is 12.5. The van der Waals surface area contributed by atoms with Gasteiger partial charge in [0.2, 0.25) is 11.9 Å². The van der Waals surface area contributed by atoms with Gasteiger partial charge in [-0.3, -0.25) is 10.1 Å². The Morgan fingerprint density at radius 1 is 1.27 bits per heavy atom. The molecule has 116 valence electrons. The number of rotatable bonds is 4. The lowest BCUT2D eigenvalue weighted by Crippen LogP contribution is -2.26. The van der Waals surface area contributed by atoms with Crippen molar-refractivity contribution in [1.29, 1.82) is 0 Å². The van der Waals surface area contributed by atoms with Crippen molar-refractivity contribution < 1.29 is 18.0 Å². The third-order valence-electron chi connectivity index (χ3n) is 3.81. The van der Waals surface area contributed by atoms with Gasteiger partial charge in [0.05, 0.1) is 11.0 Å². The van der Waals surface area contributed by atoms with Crippen LogP contribution in [0.2, 0.25) is 0 Å². The lowest BCUT2D eigenvalue weighted by molar-refractivity contribution is -0.137. The summed E-state index contributed by atoms with van der Waals surface area (Å²) in [4.78, 5) is 16.1. The average Bonchev–Trinajstić information content (AvgIpc) is 3.06. The number of amides is 1. The molecule has 1 fully saturated rings. The van der Waals surface area contributed by atoms with Crippen LogP contribution in [0.3, 0.4) is 0 Å². The zero-order chi connectivity index (χ0) is 15.8. The van der Waals surface area contributed by atoms with E-state index in [4.69, 9.17) is 0 Å². The Hall–Kier alpha value is -2.38. The third-order valence-corrected chi connectivity index (χ3v) is 3.81. The number of aromatic nitrogens is 3. The summed E-state index contributed by atoms with van der Waals surface area (Å²) in [5, 5.41) is 8.81. The van der Waals surface area contributed by atoms with Crippen LogP contribution in [-0.2, 0) is 17.4 Å². The summed E-state index contributed by atoms with van der Waals surface area (Å²) in [6.45, 7) is 0. The molecular formula is C14H13F3N4O. The Morgan fingerprint density at radius 3 is 2.45 bits per heavy atom. The van der Waals surface area contributed by atoms with Gasteiger partial charge in [-0.25, -0.2) is 5.10 Å². The number of H-pyrrole nitrogens is 1. The maximum atomic E-state index is 12.5. The minimum absolute atomic E-state index is 0.191. The second-order valence-electron chi connectivity index (χ2n) is 5.44. The van der Waals surface area contributed by atoms with E-state index in [1.807, 2.05) is 0 Å². The molecule has 1 aromatic heterocycles. The fourth-order valence-electron chi connectivity index (χ4n) is 2.34. The van der Waals surface area contributed by atoms with Crippen molar-refractivity contribution in [2.75, 3.05) is 5.32 Å². The number of carbonyl (C=O) groups excluding carboxylic acids is 1. The van der Waals surface area contributed by atoms with Crippen molar-refractivity contribution in [3.8, 4) is 0 Å². The molecule has 0 saturated heterocycles. The van der Waals surface area contributed by atoms with E-state index in [-0.39, 0.29) is 11.9 Å². The van der Waals surface area contributed by atoms with Crippen LogP contribution in [0.25, 0.3) is 0 Å². The molecule has 0 bridgehead atoms. The van der Waals surface area contributed by atoms with Crippen molar-refractivity contribution in [2.45, 2.75) is 25.4 Å². The SMILES string of the molecule is O=C(Nc1ncn[nH]1)C1(Cc2ccc(C(F)(F)F)cc2)CC1. The van der Waals surface area contributed by atoms with E-state index in [9.17, 15) is 18.0 Å². The van der Waals surface area contributed by atoms with E-state index in [1.54, 1.807) is 0 Å². The topological polar surface area (TPSA) is 70.7 Å². The molecule has 1 heterocycles. The zero-order valence-corrected chi connectivity index (χ0v) is 11.4. The number of halogens is 3. The fraction of sp³-hybridized carbons (Fsp3) is 0.357. The number of aromatic amines is 1. The van der Waals surface area contributed by atoms with E-state index < -0.39 is 17.2 Å². The number of nitrogens with one attached hydrogen (secondary N) is 2. The van der Waals surface area contributed by atoms with Crippen LogP contribution in [0.4, 0.5) is 19.1 Å². The van der Waals surface area contributed by atoms with E-state index in [0.29, 0.717) is 24.8 Å². The summed E-state index contributed by atoms with van der Waals surface area (Å²) < 4.78 is 37.6. The molecule has 0 spiro atoms. The van der Waals surface area contributed by atoms with Crippen LogP contribution < -0.4 is 5.32 Å². The molecular weight excluding hydrogens is 297 g/mol. The molecule has 8 heteroatoms. The molecule has 0 radical (unpaired) electrons. The summed E-state index contributed by atoms with van der Waals surface area (Å²) in [5.41, 5.74) is -0.544. The van der Waals surface area contributed by atoms with Gasteiger partial charge >= 0.3 is 6.18 Å². The lowest BCUT2D eigenvalue weighted by Gasteiger charge is -2.14. The number of hydrogen-bond donors (Lipinski definition) is 2. The quantitative estimate of drug-likeness (QED) is 0.912. The van der Waals surface area contributed by atoms with Crippen LogP contribution in [0.5, 0.6) is 0 Å². The first-order valence-electron chi connectivity index (χ1n) is 6.72. The number of nitrogens with zero attached hydrogens (tertiary/aromatic N) is 2. The van der Waals surface area contributed by atoms with Crippen LogP contribution in [0.15, 0.2) is 30.6 Å². The molecule has 0 atom stereocenters. The molecule has 1 aliphatic carbocycles. The van der Waals surface area contributed by atoms with Crippen molar-refractivity contribution in [3.05, 3.63) is 41.7 Å². The first-order valence-corrected chi connectivity index (χ1v) is 6.72. The Kier molecular flexibility index (Phi) is 3.38. The number of anilines is 1. The minimum atomic E-state index is -4.35. The van der Waals surface area contributed by atoms with Crippen LogP contribution in [0, 0.1) is 5.41 Å². The molecule has 2 aromatic rings. The van der Waals surface area contributed by atoms with E-state index in [2.05, 4.69) is 20.5 Å². The predicted octanol–water partition coefficient (Wildman–Crippen LogP) is 2.78. The van der Waals surface area contributed by atoms with Gasteiger partial charge in [-0.15, -0.1) is 0 Å². The highest BCUT2D eigenvalue weighted by Crippen LogP contribution is 2.49. The normalized spacial score (nSPS) is 16.3. The van der Waals surface area contributed by atoms with Gasteiger partial charge in [-0.05, 0) is 37.0 Å². The van der Waals surface area contributed by atoms with Crippen LogP contribution in [-0.4, -0.2) is 21.1 Å². The summed E-state index contributed by atoms with van der Waals surface area (Å²) in [6.07, 6.45) is -1.25. The number of alkyl halides is 3. The summed E-state index contributed by atoms with van der Waals surface area (Å²) in [7, 11) is 0. The van der Waals surface area contributed by atoms with Gasteiger partial charge in [-0.1, -0.05) is 12.1 Å². The van der Waals surface area contributed by atoms with Crippen molar-refractivity contribution >= 4 is 11.9 Å². The van der Waals surface area contributed by atoms with Gasteiger partial charge in [0.25, 0.3) is 0 Å². The van der Waals surface area contributed by atoms with Crippen LogP contribution >= 0.6 is 0 Å². The lowest BCUT2D eigenvalue weighted by atomic mass is 9.95. The third kappa shape index (κ3) is 2.95. The molecule has 1 amide bonds. The molecule has 22 heavy (non-hydrogen) atoms. The Morgan fingerprint density at radius 2 is 1.95 bits per heavy atom. The number of hydrogen-bond acceptors (Lipinski definition) is 3. The van der Waals surface area contributed by atoms with E-state index >= 15 is 0 Å². The first kappa shape index (κ1) is 14.6. The molecule has 0 aliphatic heterocycles. The standard InChI is InChI=1S/C14H13F3N4O/c15-14(16,17)10-3-1-9(2-4-10)7-13(5-6-13)11(22)20-12-18-8-19-21-12/h1-4,8H,5-7H2,(H2,18,19,20,21,22). The highest BCUT2D eigenvalue weighted by atomic mass is 19.4. The Labute approximate surface area is 123 Å². The molecule has 2 N–H and O–H groups in total. The highest BCUT2D eigenvalue weighted by molar-refractivity contribution is 5.96. The fourth-order valence-corrected chi connectivity index (χ4v) is 2.34. The van der Waals surface area contributed by atoms with Gasteiger partial charge in [0.1, 0.15) is 6.33 Å². The molecule has 0 unspecified atom stereocenters. The highest BCUT2D eigenvalue weighted by Gasteiger charge is 2.49. The molecule has 3 rings (SSSR count). The van der Waals surface area contributed by atoms with Gasteiger partial charge < -0.3 is 0 Å².